The van der Waals surface area contributed by atoms with Gasteiger partial charge >= 0.3 is 0 Å². The number of nitrogens with zero attached hydrogens (tertiary/aromatic N) is 1. The molecular weight excluding hydrogens is 341 g/mol. The summed E-state index contributed by atoms with van der Waals surface area (Å²) in [7, 11) is -0.387. The maximum absolute atomic E-state index is 13.3. The van der Waals surface area contributed by atoms with Gasteiger partial charge < -0.3 is 17.5 Å². The quantitative estimate of drug-likeness (QED) is 0.713. The summed E-state index contributed by atoms with van der Waals surface area (Å²) < 4.78 is 39.7. The lowest BCUT2D eigenvalue weighted by atomic mass is 9.72. The van der Waals surface area contributed by atoms with Crippen LogP contribution in [0.5, 0.6) is 5.75 Å². The van der Waals surface area contributed by atoms with Gasteiger partial charge in [0.05, 0.1) is 0 Å². The van der Waals surface area contributed by atoms with Crippen LogP contribution in [0.3, 0.4) is 0 Å². The summed E-state index contributed by atoms with van der Waals surface area (Å²) in [6.07, 6.45) is 0. The third kappa shape index (κ3) is 3.55. The molecule has 0 spiro atoms. The molecule has 1 heterocycles. The molecule has 4 nitrogen and oxygen atoms in total. The van der Waals surface area contributed by atoms with Crippen LogP contribution in [0.4, 0.5) is 10.1 Å². The van der Waals surface area contributed by atoms with E-state index in [1.165, 1.54) is 19.2 Å². The molecule has 2 atom stereocenters. The van der Waals surface area contributed by atoms with Gasteiger partial charge in [-0.3, -0.25) is 0 Å². The average Bonchev–Trinajstić information content (AvgIpc) is 2.57. The summed E-state index contributed by atoms with van der Waals surface area (Å²) in [4.78, 5) is 0. The second kappa shape index (κ2) is 6.77. The highest BCUT2D eigenvalue weighted by molar-refractivity contribution is 7.69. The standard InChI is InChI=1S/C19H21FNO3S/c1-12-18(13-5-7-14(20)8-6-13)16-10-9-15(21-25(22)23-4)11-17(16)24-19(12,2)3/h5-12,18H,1-4H3/q-1/t12-,18?/m1/s1. The minimum atomic E-state index is -1.72. The van der Waals surface area contributed by atoms with E-state index in [4.69, 9.17) is 4.74 Å². The van der Waals surface area contributed by atoms with Crippen LogP contribution >= 0.6 is 0 Å². The first-order chi connectivity index (χ1) is 11.8. The van der Waals surface area contributed by atoms with Crippen molar-refractivity contribution >= 4 is 16.6 Å². The molecule has 0 aliphatic carbocycles. The second-order valence-electron chi connectivity index (χ2n) is 6.72. The van der Waals surface area contributed by atoms with Gasteiger partial charge in [-0.15, -0.1) is 0 Å². The smallest absolute Gasteiger partial charge is 0.126 e. The number of benzene rings is 2. The Hall–Kier alpha value is -1.92. The Bertz CT molecular complexity index is 857. The van der Waals surface area contributed by atoms with E-state index in [1.807, 2.05) is 32.0 Å². The molecule has 134 valence electrons. The van der Waals surface area contributed by atoms with Crippen LogP contribution in [-0.2, 0) is 19.3 Å². The van der Waals surface area contributed by atoms with Gasteiger partial charge in [0.2, 0.25) is 0 Å². The van der Waals surface area contributed by atoms with Gasteiger partial charge in [0.15, 0.2) is 0 Å². The second-order valence-corrected chi connectivity index (χ2v) is 7.67. The molecule has 0 aromatic heterocycles. The van der Waals surface area contributed by atoms with E-state index in [1.54, 1.807) is 12.1 Å². The SMILES string of the molecule is CO[S-](=O)=Nc1ccc2c(c1)OC(C)(C)[C@H](C)C2c1ccc(F)cc1. The van der Waals surface area contributed by atoms with E-state index >= 15 is 0 Å². The number of hydrogen-bond acceptors (Lipinski definition) is 5. The van der Waals surface area contributed by atoms with Crippen molar-refractivity contribution in [3.63, 3.8) is 0 Å². The summed E-state index contributed by atoms with van der Waals surface area (Å²) in [6, 6.07) is 12.1. The Labute approximate surface area is 149 Å². The lowest BCUT2D eigenvalue weighted by molar-refractivity contribution is 0.0260. The first-order valence-electron chi connectivity index (χ1n) is 8.08. The zero-order chi connectivity index (χ0) is 18.2. The van der Waals surface area contributed by atoms with Crippen LogP contribution in [0.15, 0.2) is 46.8 Å². The monoisotopic (exact) mass is 362 g/mol. The van der Waals surface area contributed by atoms with Crippen molar-refractivity contribution in [2.75, 3.05) is 7.11 Å². The summed E-state index contributed by atoms with van der Waals surface area (Å²) in [6.45, 7) is 6.21. The molecule has 1 aliphatic rings. The van der Waals surface area contributed by atoms with Crippen molar-refractivity contribution < 1.29 is 17.5 Å². The number of ether oxygens (including phenoxy) is 1. The average molecular weight is 362 g/mol. The fourth-order valence-electron chi connectivity index (χ4n) is 3.23. The highest BCUT2D eigenvalue weighted by Gasteiger charge is 2.41. The van der Waals surface area contributed by atoms with E-state index < -0.39 is 16.5 Å². The highest BCUT2D eigenvalue weighted by Crippen LogP contribution is 2.48. The van der Waals surface area contributed by atoms with Gasteiger partial charge in [-0.05, 0) is 37.6 Å². The molecule has 0 saturated heterocycles. The van der Waals surface area contributed by atoms with Gasteiger partial charge in [-0.1, -0.05) is 36.0 Å². The number of hydrogen-bond donors (Lipinski definition) is 0. The molecule has 1 unspecified atom stereocenters. The summed E-state index contributed by atoms with van der Waals surface area (Å²) >= 11 is 0. The first kappa shape index (κ1) is 17.9. The van der Waals surface area contributed by atoms with Gasteiger partial charge in [0, 0.05) is 36.3 Å². The summed E-state index contributed by atoms with van der Waals surface area (Å²) in [5.74, 6) is 0.702. The highest BCUT2D eigenvalue weighted by atomic mass is 32.2. The van der Waals surface area contributed by atoms with Crippen molar-refractivity contribution in [1.29, 1.82) is 0 Å². The fourth-order valence-corrected chi connectivity index (χ4v) is 3.59. The Morgan fingerprint density at radius 2 is 1.88 bits per heavy atom. The van der Waals surface area contributed by atoms with Crippen molar-refractivity contribution in [3.05, 3.63) is 59.4 Å². The predicted molar refractivity (Wildman–Crippen MR) is 95.7 cm³/mol. The van der Waals surface area contributed by atoms with Gasteiger partial charge in [0.25, 0.3) is 0 Å². The lowest BCUT2D eigenvalue weighted by Gasteiger charge is -2.43. The maximum Gasteiger partial charge on any atom is 0.126 e. The van der Waals surface area contributed by atoms with Crippen LogP contribution in [0.25, 0.3) is 0 Å². The van der Waals surface area contributed by atoms with Crippen LogP contribution in [-0.4, -0.2) is 12.7 Å². The van der Waals surface area contributed by atoms with Crippen LogP contribution in [0, 0.1) is 11.7 Å². The number of halogens is 1. The molecule has 2 aromatic rings. The Morgan fingerprint density at radius 3 is 2.52 bits per heavy atom. The normalized spacial score (nSPS) is 22.9. The van der Waals surface area contributed by atoms with Gasteiger partial charge in [-0.25, -0.2) is 4.39 Å². The molecule has 0 fully saturated rings. The molecule has 6 heteroatoms. The first-order valence-corrected chi connectivity index (χ1v) is 9.11. The summed E-state index contributed by atoms with van der Waals surface area (Å²) in [5.41, 5.74) is 2.17. The van der Waals surface area contributed by atoms with Crippen molar-refractivity contribution in [2.24, 2.45) is 10.3 Å². The molecule has 2 aromatic carbocycles. The Morgan fingerprint density at radius 1 is 1.20 bits per heavy atom. The van der Waals surface area contributed by atoms with Crippen LogP contribution in [0.2, 0.25) is 0 Å². The maximum atomic E-state index is 13.3. The molecule has 3 rings (SSSR count). The molecule has 0 radical (unpaired) electrons. The topological polar surface area (TPSA) is 47.9 Å². The minimum Gasteiger partial charge on any atom is -0.487 e. The molecule has 0 amide bonds. The molecule has 25 heavy (non-hydrogen) atoms. The largest absolute Gasteiger partial charge is 0.487 e. The third-order valence-corrected chi connectivity index (χ3v) is 5.50. The van der Waals surface area contributed by atoms with Crippen molar-refractivity contribution in [1.82, 2.24) is 0 Å². The Kier molecular flexibility index (Phi) is 4.84. The Balaban J connectivity index is 2.11. The van der Waals surface area contributed by atoms with Crippen LogP contribution in [0.1, 0.15) is 37.8 Å². The third-order valence-electron chi connectivity index (χ3n) is 4.85. The molecule has 0 saturated carbocycles. The van der Waals surface area contributed by atoms with E-state index in [2.05, 4.69) is 15.5 Å². The predicted octanol–water partition coefficient (Wildman–Crippen LogP) is 5.11. The summed E-state index contributed by atoms with van der Waals surface area (Å²) in [5, 5.41) is 0. The number of rotatable bonds is 3. The van der Waals surface area contributed by atoms with Crippen molar-refractivity contribution in [2.45, 2.75) is 32.3 Å². The van der Waals surface area contributed by atoms with E-state index in [0.29, 0.717) is 11.4 Å². The molecule has 0 N–H and O–H groups in total. The zero-order valence-corrected chi connectivity index (χ0v) is 15.5. The van der Waals surface area contributed by atoms with E-state index in [9.17, 15) is 8.60 Å². The molecular formula is C19H21FNO3S-. The van der Waals surface area contributed by atoms with Gasteiger partial charge in [-0.2, -0.15) is 0 Å². The number of fused-ring (bicyclic) bond motifs is 1. The minimum absolute atomic E-state index is 0.0707. The molecule has 1 aliphatic heterocycles. The molecule has 0 bridgehead atoms. The van der Waals surface area contributed by atoms with E-state index in [0.717, 1.165) is 11.1 Å². The fraction of sp³-hybridized carbons (Fsp3) is 0.368. The zero-order valence-electron chi connectivity index (χ0n) is 14.7. The lowest BCUT2D eigenvalue weighted by Crippen LogP contribution is -2.43. The van der Waals surface area contributed by atoms with Crippen LogP contribution < -0.4 is 4.74 Å². The van der Waals surface area contributed by atoms with E-state index in [-0.39, 0.29) is 17.7 Å². The van der Waals surface area contributed by atoms with Crippen molar-refractivity contribution in [3.8, 4) is 5.75 Å². The van der Waals surface area contributed by atoms with Gasteiger partial charge in [0.1, 0.15) is 17.2 Å².